The molecule has 0 aromatic heterocycles. The Bertz CT molecular complexity index is 1520. The molecule has 16 heteroatoms. The third kappa shape index (κ3) is 7.51. The fraction of sp³-hybridized carbons (Fsp3) is 0.618. The molecule has 12 atom stereocenters. The zero-order chi connectivity index (χ0) is 36.4. The number of carbonyl (C=O) groups is 6. The number of oxime groups is 1. The molecule has 0 bridgehead atoms. The molecule has 2 heterocycles. The molecule has 2 saturated heterocycles. The lowest BCUT2D eigenvalue weighted by atomic mass is 9.60. The normalized spacial score (nSPS) is 35.0. The van der Waals surface area contributed by atoms with E-state index in [-0.39, 0.29) is 18.0 Å². The Balaban J connectivity index is 1.45. The number of hydrogen-bond acceptors (Lipinski definition) is 15. The summed E-state index contributed by atoms with van der Waals surface area (Å²) in [5.74, 6) is -7.00. The summed E-state index contributed by atoms with van der Waals surface area (Å²) in [6.45, 7) is 5.71. The van der Waals surface area contributed by atoms with Gasteiger partial charge < -0.3 is 38.7 Å². The Morgan fingerprint density at radius 2 is 1.46 bits per heavy atom. The van der Waals surface area contributed by atoms with Crippen molar-refractivity contribution in [2.45, 2.75) is 103 Å². The highest BCUT2D eigenvalue weighted by molar-refractivity contribution is 6.06. The Labute approximate surface area is 287 Å². The number of carbonyl (C=O) groups excluding carboxylic acids is 6. The van der Waals surface area contributed by atoms with Crippen molar-refractivity contribution in [2.75, 3.05) is 6.61 Å². The molecule has 0 unspecified atom stereocenters. The number of esters is 4. The number of hydrogen-bond donors (Lipinski definition) is 2. The van der Waals surface area contributed by atoms with E-state index in [1.807, 2.05) is 30.3 Å². The van der Waals surface area contributed by atoms with Crippen LogP contribution in [0.25, 0.3) is 0 Å². The molecule has 1 aromatic rings. The van der Waals surface area contributed by atoms with Crippen molar-refractivity contribution in [3.63, 3.8) is 0 Å². The molecule has 4 fully saturated rings. The first kappa shape index (κ1) is 36.9. The molecule has 2 saturated carbocycles. The van der Waals surface area contributed by atoms with Crippen LogP contribution in [0.3, 0.4) is 0 Å². The van der Waals surface area contributed by atoms with Crippen LogP contribution >= 0.6 is 0 Å². The van der Waals surface area contributed by atoms with E-state index in [1.165, 1.54) is 4.90 Å². The number of aliphatic hydroxyl groups excluding tert-OH is 2. The first-order chi connectivity index (χ1) is 23.7. The number of likely N-dealkylation sites (tertiary alicyclic amines) is 1. The second-order valence-corrected chi connectivity index (χ2v) is 13.0. The molecule has 50 heavy (non-hydrogen) atoms. The number of amides is 2. The Kier molecular flexibility index (Phi) is 11.2. The number of ether oxygens (including phenoxy) is 5. The summed E-state index contributed by atoms with van der Waals surface area (Å²) < 4.78 is 27.3. The van der Waals surface area contributed by atoms with Gasteiger partial charge in [-0.2, -0.15) is 0 Å². The highest BCUT2D eigenvalue weighted by Crippen LogP contribution is 2.51. The minimum atomic E-state index is -1.61. The van der Waals surface area contributed by atoms with E-state index in [1.54, 1.807) is 6.92 Å². The summed E-state index contributed by atoms with van der Waals surface area (Å²) in [5.41, 5.74) is 1.03. The van der Waals surface area contributed by atoms with Gasteiger partial charge in [0.2, 0.25) is 17.9 Å². The monoisotopic (exact) mass is 702 g/mol. The molecule has 2 aliphatic heterocycles. The average molecular weight is 703 g/mol. The van der Waals surface area contributed by atoms with E-state index in [4.69, 9.17) is 28.5 Å². The number of rotatable bonds is 9. The van der Waals surface area contributed by atoms with E-state index in [0.29, 0.717) is 12.8 Å². The molecule has 4 aliphatic rings. The van der Waals surface area contributed by atoms with Crippen LogP contribution in [0.2, 0.25) is 0 Å². The third-order valence-electron chi connectivity index (χ3n) is 9.70. The van der Waals surface area contributed by atoms with Gasteiger partial charge in [-0.15, -0.1) is 0 Å². The Hall–Kier alpha value is -4.41. The molecule has 2 aliphatic carbocycles. The summed E-state index contributed by atoms with van der Waals surface area (Å²) >= 11 is 0. The van der Waals surface area contributed by atoms with E-state index in [9.17, 15) is 39.0 Å². The maximum atomic E-state index is 14.0. The SMILES string of the molecule is CC(=O)OC[C@@H]1O[C@@H](O/N=C2/C[C@@H](O)[C@@H](O)[C@@H]3[C@@H]4C(=O)N([C@@H](C)c5ccccc5)C(=O)[C@H]4CC[C@@H]23)[C@H](OC(C)=O)[C@H](OC(C)=O)[C@@H]1OC(C)=O. The van der Waals surface area contributed by atoms with Crippen molar-refractivity contribution in [1.82, 2.24) is 4.90 Å². The molecule has 2 N–H and O–H groups in total. The third-order valence-corrected chi connectivity index (χ3v) is 9.70. The molecule has 2 amide bonds. The standard InChI is InChI=1S/C34H42N2O14/c1-15(20-9-7-6-8-10-20)36-32(43)22-12-11-21-23(13-24(41)28(42)26(21)27(22)33(36)44)35-50-34-31(48-19(5)40)30(47-18(4)39)29(46-17(3)38)25(49-34)14-45-16(2)37/h6-10,15,21-22,24-31,34,41-42H,11-14H2,1-5H3/b35-23-/t15-,21-,22-,24+,25-,26-,27+,28+,29+,30+,31+,34-/m0/s1. The Morgan fingerprint density at radius 3 is 2.08 bits per heavy atom. The fourth-order valence-electron chi connectivity index (χ4n) is 7.65. The summed E-state index contributed by atoms with van der Waals surface area (Å²) in [6.07, 6.45) is -9.52. The van der Waals surface area contributed by atoms with Gasteiger partial charge in [0, 0.05) is 46.0 Å². The van der Waals surface area contributed by atoms with Crippen LogP contribution in [0.4, 0.5) is 0 Å². The number of benzene rings is 1. The summed E-state index contributed by atoms with van der Waals surface area (Å²) in [4.78, 5) is 82.7. The second-order valence-electron chi connectivity index (χ2n) is 13.0. The van der Waals surface area contributed by atoms with Crippen molar-refractivity contribution in [3.05, 3.63) is 35.9 Å². The van der Waals surface area contributed by atoms with Gasteiger partial charge in [0.15, 0.2) is 12.2 Å². The van der Waals surface area contributed by atoms with Gasteiger partial charge in [-0.05, 0) is 25.3 Å². The number of fused-ring (bicyclic) bond motifs is 3. The van der Waals surface area contributed by atoms with Gasteiger partial charge in [0.25, 0.3) is 6.29 Å². The zero-order valence-corrected chi connectivity index (χ0v) is 28.3. The van der Waals surface area contributed by atoms with Gasteiger partial charge in [0.05, 0.1) is 35.8 Å². The summed E-state index contributed by atoms with van der Waals surface area (Å²) in [7, 11) is 0. The van der Waals surface area contributed by atoms with Gasteiger partial charge in [-0.25, -0.2) is 0 Å². The van der Waals surface area contributed by atoms with Crippen LogP contribution in [0.15, 0.2) is 35.5 Å². The Morgan fingerprint density at radius 1 is 0.860 bits per heavy atom. The van der Waals surface area contributed by atoms with E-state index >= 15 is 0 Å². The van der Waals surface area contributed by atoms with Crippen molar-refractivity contribution in [1.29, 1.82) is 0 Å². The lowest BCUT2D eigenvalue weighted by molar-refractivity contribution is -0.308. The molecule has 272 valence electrons. The highest BCUT2D eigenvalue weighted by atomic mass is 16.8. The predicted octanol–water partition coefficient (Wildman–Crippen LogP) is 0.956. The number of aliphatic hydroxyl groups is 2. The van der Waals surface area contributed by atoms with Crippen molar-refractivity contribution in [3.8, 4) is 0 Å². The largest absolute Gasteiger partial charge is 0.463 e. The maximum absolute atomic E-state index is 14.0. The molecule has 0 spiro atoms. The van der Waals surface area contributed by atoms with Crippen LogP contribution in [-0.4, -0.2) is 106 Å². The van der Waals surface area contributed by atoms with Crippen molar-refractivity contribution >= 4 is 41.4 Å². The van der Waals surface area contributed by atoms with Crippen LogP contribution in [0.1, 0.15) is 65.5 Å². The predicted molar refractivity (Wildman–Crippen MR) is 167 cm³/mol. The van der Waals surface area contributed by atoms with Crippen LogP contribution in [0.5, 0.6) is 0 Å². The van der Waals surface area contributed by atoms with Crippen LogP contribution < -0.4 is 0 Å². The molecular formula is C34H42N2O14. The number of nitrogens with zero attached hydrogens (tertiary/aromatic N) is 2. The summed E-state index contributed by atoms with van der Waals surface area (Å²) in [5, 5.41) is 26.5. The second kappa shape index (κ2) is 15.2. The molecule has 1 aromatic carbocycles. The van der Waals surface area contributed by atoms with Gasteiger partial charge in [-0.3, -0.25) is 33.7 Å². The van der Waals surface area contributed by atoms with Crippen molar-refractivity contribution < 1.29 is 67.5 Å². The molecule has 0 radical (unpaired) electrons. The van der Waals surface area contributed by atoms with Crippen molar-refractivity contribution in [2.24, 2.45) is 28.8 Å². The molecule has 16 nitrogen and oxygen atoms in total. The topological polar surface area (TPSA) is 214 Å². The lowest BCUT2D eigenvalue weighted by Gasteiger charge is -2.46. The minimum absolute atomic E-state index is 0.155. The van der Waals surface area contributed by atoms with E-state index in [2.05, 4.69) is 5.16 Å². The smallest absolute Gasteiger partial charge is 0.303 e. The maximum Gasteiger partial charge on any atom is 0.303 e. The number of imide groups is 1. The average Bonchev–Trinajstić information content (AvgIpc) is 3.31. The first-order valence-corrected chi connectivity index (χ1v) is 16.5. The van der Waals surface area contributed by atoms with E-state index < -0.39 is 109 Å². The van der Waals surface area contributed by atoms with Gasteiger partial charge in [-0.1, -0.05) is 35.5 Å². The first-order valence-electron chi connectivity index (χ1n) is 16.5. The quantitative estimate of drug-likeness (QED) is 0.159. The molecular weight excluding hydrogens is 660 g/mol. The minimum Gasteiger partial charge on any atom is -0.463 e. The zero-order valence-electron chi connectivity index (χ0n) is 28.3. The van der Waals surface area contributed by atoms with E-state index in [0.717, 1.165) is 33.3 Å². The fourth-order valence-corrected chi connectivity index (χ4v) is 7.65. The van der Waals surface area contributed by atoms with Gasteiger partial charge >= 0.3 is 23.9 Å². The van der Waals surface area contributed by atoms with Gasteiger partial charge in [0.1, 0.15) is 12.7 Å². The van der Waals surface area contributed by atoms with Crippen LogP contribution in [0, 0.1) is 23.7 Å². The highest BCUT2D eigenvalue weighted by Gasteiger charge is 2.61. The molecule has 5 rings (SSSR count). The van der Waals surface area contributed by atoms with Crippen LogP contribution in [-0.2, 0) is 57.3 Å². The summed E-state index contributed by atoms with van der Waals surface area (Å²) in [6, 6.07) is 8.56. The lowest BCUT2D eigenvalue weighted by Crippen LogP contribution is -2.62.